The summed E-state index contributed by atoms with van der Waals surface area (Å²) < 4.78 is 2.92. The van der Waals surface area contributed by atoms with E-state index in [4.69, 9.17) is 5.73 Å². The van der Waals surface area contributed by atoms with E-state index in [-0.39, 0.29) is 11.5 Å². The van der Waals surface area contributed by atoms with Crippen LogP contribution in [-0.2, 0) is 11.3 Å². The zero-order chi connectivity index (χ0) is 30.1. The molecule has 11 nitrogen and oxygen atoms in total. The van der Waals surface area contributed by atoms with E-state index in [0.717, 1.165) is 48.2 Å². The van der Waals surface area contributed by atoms with Crippen molar-refractivity contribution in [2.45, 2.75) is 39.2 Å². The van der Waals surface area contributed by atoms with Crippen LogP contribution in [0.5, 0.6) is 0 Å². The fourth-order valence-electron chi connectivity index (χ4n) is 5.57. The molecule has 0 unspecified atom stereocenters. The third-order valence-electron chi connectivity index (χ3n) is 7.91. The van der Waals surface area contributed by atoms with Gasteiger partial charge in [0.05, 0.1) is 6.54 Å². The highest BCUT2D eigenvalue weighted by Gasteiger charge is 2.23. The van der Waals surface area contributed by atoms with Crippen LogP contribution in [0.25, 0.3) is 16.9 Å². The summed E-state index contributed by atoms with van der Waals surface area (Å²) in [6, 6.07) is 19.1. The maximum atomic E-state index is 13.3. The van der Waals surface area contributed by atoms with E-state index in [2.05, 4.69) is 26.4 Å². The van der Waals surface area contributed by atoms with Crippen LogP contribution in [-0.4, -0.2) is 54.0 Å². The molecule has 1 fully saturated rings. The van der Waals surface area contributed by atoms with Gasteiger partial charge in [-0.25, -0.2) is 4.98 Å². The molecule has 3 aromatic heterocycles. The summed E-state index contributed by atoms with van der Waals surface area (Å²) >= 11 is 0. The first-order valence-electron chi connectivity index (χ1n) is 14.2. The Labute approximate surface area is 248 Å². The van der Waals surface area contributed by atoms with E-state index in [1.165, 1.54) is 10.7 Å². The lowest BCUT2D eigenvalue weighted by molar-refractivity contribution is -0.129. The van der Waals surface area contributed by atoms with Gasteiger partial charge in [0.15, 0.2) is 0 Å². The molecule has 1 saturated heterocycles. The normalized spacial score (nSPS) is 13.8. The Hall–Kier alpha value is -5.32. The van der Waals surface area contributed by atoms with Crippen molar-refractivity contribution in [2.24, 2.45) is 0 Å². The molecule has 43 heavy (non-hydrogen) atoms. The van der Waals surface area contributed by atoms with Gasteiger partial charge in [-0.1, -0.05) is 42.5 Å². The van der Waals surface area contributed by atoms with Gasteiger partial charge in [0, 0.05) is 43.7 Å². The lowest BCUT2D eigenvalue weighted by Gasteiger charge is -2.31. The first-order chi connectivity index (χ1) is 20.8. The molecule has 11 heteroatoms. The van der Waals surface area contributed by atoms with Crippen molar-refractivity contribution in [3.05, 3.63) is 106 Å². The van der Waals surface area contributed by atoms with E-state index in [9.17, 15) is 14.4 Å². The summed E-state index contributed by atoms with van der Waals surface area (Å²) in [7, 11) is 0. The second kappa shape index (κ2) is 11.5. The van der Waals surface area contributed by atoms with Crippen LogP contribution in [0.1, 0.15) is 53.0 Å². The average molecular weight is 577 g/mol. The summed E-state index contributed by atoms with van der Waals surface area (Å²) in [5.41, 5.74) is 9.94. The minimum Gasteiger partial charge on any atom is -0.383 e. The van der Waals surface area contributed by atoms with Gasteiger partial charge in [0.25, 0.3) is 11.5 Å². The first kappa shape index (κ1) is 27.8. The number of amides is 2. The molecule has 6 rings (SSSR count). The number of fused-ring (bicyclic) bond motifs is 1. The fourth-order valence-corrected chi connectivity index (χ4v) is 5.57. The number of carbonyl (C=O) groups excluding carboxylic acids is 2. The minimum atomic E-state index is -0.547. The Morgan fingerprint density at radius 2 is 1.77 bits per heavy atom. The molecule has 1 aliphatic rings. The van der Waals surface area contributed by atoms with E-state index in [0.29, 0.717) is 35.6 Å². The zero-order valence-electron chi connectivity index (χ0n) is 24.0. The summed E-state index contributed by atoms with van der Waals surface area (Å²) in [6.45, 7) is 5.19. The van der Waals surface area contributed by atoms with Crippen LogP contribution >= 0.6 is 0 Å². The molecule has 1 aliphatic heterocycles. The smallest absolute Gasteiger partial charge is 0.288 e. The van der Waals surface area contributed by atoms with E-state index in [1.807, 2.05) is 53.6 Å². The third-order valence-corrected chi connectivity index (χ3v) is 7.91. The molecular weight excluding hydrogens is 544 g/mol. The number of hydrogen-bond acceptors (Lipinski definition) is 7. The molecule has 0 aliphatic carbocycles. The molecule has 3 N–H and O–H groups in total. The second-order valence-corrected chi connectivity index (χ2v) is 10.8. The zero-order valence-corrected chi connectivity index (χ0v) is 24.0. The topological polar surface area (TPSA) is 141 Å². The van der Waals surface area contributed by atoms with Gasteiger partial charge in [-0.3, -0.25) is 14.4 Å². The lowest BCUT2D eigenvalue weighted by Crippen LogP contribution is -2.36. The lowest BCUT2D eigenvalue weighted by atomic mass is 9.89. The molecular formula is C32H32N8O3. The van der Waals surface area contributed by atoms with Crippen LogP contribution < -0.4 is 16.6 Å². The predicted octanol–water partition coefficient (Wildman–Crippen LogP) is 3.87. The molecule has 0 radical (unpaired) electrons. The molecule has 0 bridgehead atoms. The van der Waals surface area contributed by atoms with E-state index >= 15 is 0 Å². The number of aromatic nitrogens is 5. The van der Waals surface area contributed by atoms with Crippen molar-refractivity contribution < 1.29 is 9.59 Å². The van der Waals surface area contributed by atoms with Gasteiger partial charge in [-0.05, 0) is 60.6 Å². The van der Waals surface area contributed by atoms with Gasteiger partial charge >= 0.3 is 0 Å². The number of likely N-dealkylation sites (tertiary alicyclic amines) is 1. The molecule has 0 atom stereocenters. The molecule has 5 aromatic rings. The number of aryl methyl sites for hydroxylation is 1. The summed E-state index contributed by atoms with van der Waals surface area (Å²) in [5, 5.41) is 7.07. The van der Waals surface area contributed by atoms with Crippen LogP contribution in [0, 0.1) is 6.92 Å². The number of pyridine rings is 1. The van der Waals surface area contributed by atoms with Gasteiger partial charge in [-0.15, -0.1) is 5.10 Å². The number of anilines is 2. The van der Waals surface area contributed by atoms with Crippen LogP contribution in [0.4, 0.5) is 11.5 Å². The maximum absolute atomic E-state index is 13.3. The molecule has 0 saturated carbocycles. The Morgan fingerprint density at radius 1 is 1.05 bits per heavy atom. The van der Waals surface area contributed by atoms with Crippen LogP contribution in [0.15, 0.2) is 77.9 Å². The van der Waals surface area contributed by atoms with Crippen molar-refractivity contribution in [1.82, 2.24) is 29.0 Å². The summed E-state index contributed by atoms with van der Waals surface area (Å²) in [4.78, 5) is 49.0. The number of nitrogens with two attached hydrogens (primary N) is 1. The Morgan fingerprint density at radius 3 is 2.47 bits per heavy atom. The van der Waals surface area contributed by atoms with Crippen molar-refractivity contribution in [2.75, 3.05) is 24.1 Å². The molecule has 2 amide bonds. The summed E-state index contributed by atoms with van der Waals surface area (Å²) in [6.07, 6.45) is 5.10. The maximum Gasteiger partial charge on any atom is 0.288 e. The average Bonchev–Trinajstić information content (AvgIpc) is 3.42. The van der Waals surface area contributed by atoms with Crippen molar-refractivity contribution in [3.8, 4) is 11.1 Å². The summed E-state index contributed by atoms with van der Waals surface area (Å²) in [5.74, 6) is 1.08. The third kappa shape index (κ3) is 5.74. The predicted molar refractivity (Wildman–Crippen MR) is 164 cm³/mol. The van der Waals surface area contributed by atoms with Gasteiger partial charge in [0.1, 0.15) is 17.2 Å². The highest BCUT2D eigenvalue weighted by atomic mass is 16.2. The Kier molecular flexibility index (Phi) is 7.45. The Balaban J connectivity index is 1.22. The Bertz CT molecular complexity index is 1870. The molecule has 2 aromatic carbocycles. The van der Waals surface area contributed by atoms with Crippen LogP contribution in [0.3, 0.4) is 0 Å². The number of carbonyl (C=O) groups is 2. The fraction of sp³-hybridized carbons (Fsp3) is 0.250. The number of nitrogen functional groups attached to an aromatic ring is 1. The monoisotopic (exact) mass is 576 g/mol. The standard InChI is InChI=1S/C32H32N8O3/c1-20-35-32-39(18-22-6-4-3-5-7-22)19-28(31(43)40(32)37-20)30(42)36-26-10-8-24(9-11-26)27-16-25(17-34-29(27)33)23-12-14-38(15-13-23)21(2)41/h3-11,16-17,19,23H,12-15,18H2,1-2H3,(H2,33,34)(H,36,42). The van der Waals surface area contributed by atoms with Gasteiger partial charge in [-0.2, -0.15) is 9.50 Å². The van der Waals surface area contributed by atoms with E-state index in [1.54, 1.807) is 30.5 Å². The van der Waals surface area contributed by atoms with Crippen molar-refractivity contribution in [1.29, 1.82) is 0 Å². The number of nitrogens with one attached hydrogen (secondary N) is 1. The van der Waals surface area contributed by atoms with Crippen molar-refractivity contribution >= 4 is 29.1 Å². The first-order valence-corrected chi connectivity index (χ1v) is 14.2. The van der Waals surface area contributed by atoms with E-state index < -0.39 is 11.5 Å². The molecule has 4 heterocycles. The number of rotatable bonds is 6. The van der Waals surface area contributed by atoms with Crippen LogP contribution in [0.2, 0.25) is 0 Å². The largest absolute Gasteiger partial charge is 0.383 e. The number of nitrogens with zero attached hydrogens (tertiary/aromatic N) is 6. The molecule has 218 valence electrons. The van der Waals surface area contributed by atoms with Crippen molar-refractivity contribution in [3.63, 3.8) is 0 Å². The number of benzene rings is 2. The highest BCUT2D eigenvalue weighted by Crippen LogP contribution is 2.33. The molecule has 0 spiro atoms. The number of hydrogen-bond donors (Lipinski definition) is 2. The quantitative estimate of drug-likeness (QED) is 0.313. The second-order valence-electron chi connectivity index (χ2n) is 10.8. The highest BCUT2D eigenvalue weighted by molar-refractivity contribution is 6.04. The minimum absolute atomic E-state index is 0.0469. The van der Waals surface area contributed by atoms with Gasteiger partial charge < -0.3 is 20.5 Å². The SMILES string of the molecule is CC(=O)N1CCC(c2cnc(N)c(-c3ccc(NC(=O)c4cn(Cc5ccccc5)c5nc(C)nn5c4=O)cc3)c2)CC1. The van der Waals surface area contributed by atoms with Gasteiger partial charge in [0.2, 0.25) is 11.7 Å². The number of piperidine rings is 1.